The highest BCUT2D eigenvalue weighted by molar-refractivity contribution is 5.82. The average molecular weight is 302 g/mol. The van der Waals surface area contributed by atoms with Crippen LogP contribution >= 0.6 is 0 Å². The second-order valence-electron chi connectivity index (χ2n) is 5.30. The fraction of sp³-hybridized carbons (Fsp3) is 0.0588. The number of nitrogen functional groups attached to an aromatic ring is 1. The molecule has 4 aromatic rings. The summed E-state index contributed by atoms with van der Waals surface area (Å²) in [6.45, 7) is 2.06. The van der Waals surface area contributed by atoms with Gasteiger partial charge in [0.25, 0.3) is 0 Å². The quantitative estimate of drug-likeness (QED) is 0.615. The number of aryl methyl sites for hydroxylation is 1. The summed E-state index contributed by atoms with van der Waals surface area (Å²) in [5.74, 6) is 1.00. The van der Waals surface area contributed by atoms with Gasteiger partial charge in [0, 0.05) is 24.3 Å². The molecule has 0 amide bonds. The highest BCUT2D eigenvalue weighted by Gasteiger charge is 2.14. The van der Waals surface area contributed by atoms with E-state index in [-0.39, 0.29) is 5.95 Å². The summed E-state index contributed by atoms with van der Waals surface area (Å²) < 4.78 is 2.05. The molecule has 0 saturated heterocycles. The highest BCUT2D eigenvalue weighted by atomic mass is 15.1. The number of nitrogens with zero attached hydrogens (tertiary/aromatic N) is 5. The van der Waals surface area contributed by atoms with Crippen molar-refractivity contribution in [2.45, 2.75) is 6.92 Å². The van der Waals surface area contributed by atoms with Crippen LogP contribution in [0.3, 0.4) is 0 Å². The van der Waals surface area contributed by atoms with Crippen molar-refractivity contribution in [1.82, 2.24) is 24.5 Å². The number of nitrogens with two attached hydrogens (primary N) is 1. The van der Waals surface area contributed by atoms with Crippen LogP contribution in [0, 0.1) is 6.92 Å². The Bertz CT molecular complexity index is 970. The van der Waals surface area contributed by atoms with E-state index in [0.29, 0.717) is 0 Å². The number of imidazole rings is 1. The van der Waals surface area contributed by atoms with Crippen LogP contribution in [0.1, 0.15) is 5.56 Å². The van der Waals surface area contributed by atoms with Gasteiger partial charge in [0.05, 0.1) is 22.8 Å². The van der Waals surface area contributed by atoms with Crippen molar-refractivity contribution >= 4 is 17.0 Å². The summed E-state index contributed by atoms with van der Waals surface area (Å²) in [6.07, 6.45) is 6.91. The van der Waals surface area contributed by atoms with Crippen LogP contribution in [0.15, 0.2) is 55.1 Å². The maximum atomic E-state index is 5.59. The molecule has 3 heterocycles. The lowest BCUT2D eigenvalue weighted by molar-refractivity contribution is 1.08. The molecule has 0 unspecified atom stereocenters. The molecule has 0 bridgehead atoms. The van der Waals surface area contributed by atoms with Gasteiger partial charge in [0.1, 0.15) is 5.82 Å². The van der Waals surface area contributed by atoms with Crippen molar-refractivity contribution in [2.75, 3.05) is 5.73 Å². The van der Waals surface area contributed by atoms with E-state index in [0.717, 1.165) is 28.1 Å². The van der Waals surface area contributed by atoms with E-state index in [2.05, 4.69) is 50.7 Å². The van der Waals surface area contributed by atoms with Crippen LogP contribution in [0.5, 0.6) is 0 Å². The van der Waals surface area contributed by atoms with E-state index < -0.39 is 0 Å². The monoisotopic (exact) mass is 302 g/mol. The van der Waals surface area contributed by atoms with Gasteiger partial charge in [-0.3, -0.25) is 9.55 Å². The minimum atomic E-state index is 0.244. The van der Waals surface area contributed by atoms with Crippen LogP contribution < -0.4 is 5.73 Å². The van der Waals surface area contributed by atoms with Crippen LogP contribution in [0.2, 0.25) is 0 Å². The summed E-state index contributed by atoms with van der Waals surface area (Å²) in [5, 5.41) is 0. The number of anilines is 1. The van der Waals surface area contributed by atoms with Crippen molar-refractivity contribution in [3.8, 4) is 17.1 Å². The molecule has 4 rings (SSSR count). The Hall–Kier alpha value is -3.28. The van der Waals surface area contributed by atoms with Crippen molar-refractivity contribution in [1.29, 1.82) is 0 Å². The Balaban J connectivity index is 2.01. The summed E-state index contributed by atoms with van der Waals surface area (Å²) in [5.41, 5.74) is 10.4. The first-order chi connectivity index (χ1) is 11.2. The fourth-order valence-corrected chi connectivity index (χ4v) is 2.53. The third-order valence-corrected chi connectivity index (χ3v) is 3.68. The van der Waals surface area contributed by atoms with Gasteiger partial charge >= 0.3 is 0 Å². The first kappa shape index (κ1) is 13.4. The first-order valence-electron chi connectivity index (χ1n) is 7.20. The van der Waals surface area contributed by atoms with Crippen LogP contribution in [-0.4, -0.2) is 24.5 Å². The highest BCUT2D eigenvalue weighted by Crippen LogP contribution is 2.27. The predicted molar refractivity (Wildman–Crippen MR) is 89.0 cm³/mol. The van der Waals surface area contributed by atoms with E-state index in [4.69, 9.17) is 10.7 Å². The minimum absolute atomic E-state index is 0.244. The zero-order valence-electron chi connectivity index (χ0n) is 12.5. The largest absolute Gasteiger partial charge is 0.368 e. The minimum Gasteiger partial charge on any atom is -0.368 e. The van der Waals surface area contributed by atoms with Crippen molar-refractivity contribution in [3.63, 3.8) is 0 Å². The smallest absolute Gasteiger partial charge is 0.219 e. The molecule has 6 heteroatoms. The van der Waals surface area contributed by atoms with Crippen molar-refractivity contribution in [2.24, 2.45) is 0 Å². The molecule has 0 aliphatic carbocycles. The van der Waals surface area contributed by atoms with E-state index in [1.165, 1.54) is 5.56 Å². The van der Waals surface area contributed by atoms with Gasteiger partial charge in [0.15, 0.2) is 0 Å². The zero-order chi connectivity index (χ0) is 15.8. The number of hydrogen-bond donors (Lipinski definition) is 1. The Kier molecular flexibility index (Phi) is 3.01. The normalized spacial score (nSPS) is 11.0. The molecule has 1 aromatic carbocycles. The van der Waals surface area contributed by atoms with Crippen molar-refractivity contribution in [3.05, 3.63) is 60.7 Å². The van der Waals surface area contributed by atoms with Gasteiger partial charge in [-0.1, -0.05) is 17.7 Å². The van der Waals surface area contributed by atoms with Crippen LogP contribution in [0.25, 0.3) is 28.1 Å². The molecule has 23 heavy (non-hydrogen) atoms. The third-order valence-electron chi connectivity index (χ3n) is 3.68. The predicted octanol–water partition coefficient (Wildman–Crippen LogP) is 2.77. The number of pyridine rings is 1. The molecule has 0 aliphatic heterocycles. The lowest BCUT2D eigenvalue weighted by atomic mass is 10.2. The second kappa shape index (κ2) is 5.17. The SMILES string of the molecule is Cc1ccc(-n2c(-c3cnc(N)nc3)nc3ccncc32)cc1. The molecule has 0 saturated carbocycles. The standard InChI is InChI=1S/C17H14N6/c1-11-2-4-13(5-3-11)23-15-10-19-7-6-14(15)22-16(23)12-8-20-17(18)21-9-12/h2-10H,1H3,(H2,18,20,21). The summed E-state index contributed by atoms with van der Waals surface area (Å²) in [7, 11) is 0. The Labute approximate surface area is 132 Å². The topological polar surface area (TPSA) is 82.5 Å². The third kappa shape index (κ3) is 2.30. The Morgan fingerprint density at radius 3 is 2.43 bits per heavy atom. The molecule has 2 N–H and O–H groups in total. The van der Waals surface area contributed by atoms with Gasteiger partial charge < -0.3 is 5.73 Å². The van der Waals surface area contributed by atoms with E-state index in [1.807, 2.05) is 12.3 Å². The lowest BCUT2D eigenvalue weighted by Crippen LogP contribution is -2.00. The maximum Gasteiger partial charge on any atom is 0.219 e. The summed E-state index contributed by atoms with van der Waals surface area (Å²) in [4.78, 5) is 17.1. The molecule has 0 radical (unpaired) electrons. The van der Waals surface area contributed by atoms with Crippen molar-refractivity contribution < 1.29 is 0 Å². The number of hydrogen-bond acceptors (Lipinski definition) is 5. The lowest BCUT2D eigenvalue weighted by Gasteiger charge is -2.09. The van der Waals surface area contributed by atoms with Gasteiger partial charge in [0.2, 0.25) is 5.95 Å². The zero-order valence-corrected chi connectivity index (χ0v) is 12.5. The fourth-order valence-electron chi connectivity index (χ4n) is 2.53. The first-order valence-corrected chi connectivity index (χ1v) is 7.20. The molecular weight excluding hydrogens is 288 g/mol. The second-order valence-corrected chi connectivity index (χ2v) is 5.30. The molecule has 0 atom stereocenters. The van der Waals surface area contributed by atoms with Crippen LogP contribution in [-0.2, 0) is 0 Å². The summed E-state index contributed by atoms with van der Waals surface area (Å²) in [6, 6.07) is 10.2. The van der Waals surface area contributed by atoms with E-state index in [9.17, 15) is 0 Å². The molecule has 112 valence electrons. The average Bonchev–Trinajstić information content (AvgIpc) is 2.96. The molecule has 0 aliphatic rings. The Morgan fingerprint density at radius 1 is 0.957 bits per heavy atom. The number of rotatable bonds is 2. The number of fused-ring (bicyclic) bond motifs is 1. The van der Waals surface area contributed by atoms with Gasteiger partial charge in [-0.2, -0.15) is 0 Å². The maximum absolute atomic E-state index is 5.59. The van der Waals surface area contributed by atoms with E-state index in [1.54, 1.807) is 18.6 Å². The molecule has 3 aromatic heterocycles. The molecular formula is C17H14N6. The molecule has 0 spiro atoms. The summed E-state index contributed by atoms with van der Waals surface area (Å²) >= 11 is 0. The van der Waals surface area contributed by atoms with Gasteiger partial charge in [-0.25, -0.2) is 15.0 Å². The number of aromatic nitrogens is 5. The Morgan fingerprint density at radius 2 is 1.70 bits per heavy atom. The van der Waals surface area contributed by atoms with Gasteiger partial charge in [-0.15, -0.1) is 0 Å². The van der Waals surface area contributed by atoms with Crippen LogP contribution in [0.4, 0.5) is 5.95 Å². The molecule has 6 nitrogen and oxygen atoms in total. The number of benzene rings is 1. The van der Waals surface area contributed by atoms with Gasteiger partial charge in [-0.05, 0) is 25.1 Å². The van der Waals surface area contributed by atoms with E-state index >= 15 is 0 Å². The molecule has 0 fully saturated rings.